The van der Waals surface area contributed by atoms with E-state index in [1.807, 2.05) is 117 Å². The van der Waals surface area contributed by atoms with Gasteiger partial charge in [0.05, 0.1) is 7.11 Å². The highest BCUT2D eigenvalue weighted by Gasteiger charge is 2.55. The molecule has 0 spiro atoms. The van der Waals surface area contributed by atoms with Gasteiger partial charge in [-0.1, -0.05) is 108 Å². The molecule has 6 aromatic rings. The molecule has 3 aromatic carbocycles. The zero-order valence-electron chi connectivity index (χ0n) is 47.0. The number of nitrogens with one attached hydrogen (secondary N) is 2. The molecule has 1 saturated heterocycles. The van der Waals surface area contributed by atoms with Crippen LogP contribution in [0.4, 0.5) is 14.7 Å². The van der Waals surface area contributed by atoms with E-state index in [1.165, 1.54) is 16.7 Å². The summed E-state index contributed by atoms with van der Waals surface area (Å²) < 4.78 is 32.2. The van der Waals surface area contributed by atoms with Gasteiger partial charge in [-0.2, -0.15) is 4.57 Å². The third-order valence-corrected chi connectivity index (χ3v) is 15.3. The number of halogens is 1. The number of esters is 2. The van der Waals surface area contributed by atoms with Crippen LogP contribution in [0.15, 0.2) is 132 Å². The minimum Gasteiger partial charge on any atom is -0.497 e. The zero-order valence-corrected chi connectivity index (χ0v) is 49.4. The van der Waals surface area contributed by atoms with Crippen LogP contribution in [0.1, 0.15) is 89.8 Å². The van der Waals surface area contributed by atoms with Crippen LogP contribution >= 0.6 is 34.7 Å². The number of nitrogens with zero attached hydrogens (tertiary/aromatic N) is 6. The second-order valence-corrected chi connectivity index (χ2v) is 24.0. The van der Waals surface area contributed by atoms with Gasteiger partial charge in [-0.15, -0.1) is 11.8 Å². The van der Waals surface area contributed by atoms with E-state index in [9.17, 15) is 28.8 Å². The van der Waals surface area contributed by atoms with Gasteiger partial charge in [0.1, 0.15) is 56.2 Å². The molecule has 2 unspecified atom stereocenters. The predicted molar refractivity (Wildman–Crippen MR) is 310 cm³/mol. The molecular formula is C59H66ClN8O12S2+. The molecule has 82 heavy (non-hydrogen) atoms. The van der Waals surface area contributed by atoms with E-state index in [0.717, 1.165) is 22.4 Å². The minimum atomic E-state index is -1.35. The quantitative estimate of drug-likeness (QED) is 0.0171. The molecule has 20 nitrogen and oxygen atoms in total. The summed E-state index contributed by atoms with van der Waals surface area (Å²) >= 11 is 8.90. The number of ether oxygens (including phenoxy) is 5. The number of amides is 4. The van der Waals surface area contributed by atoms with Gasteiger partial charge in [0.25, 0.3) is 11.8 Å². The van der Waals surface area contributed by atoms with Crippen molar-refractivity contribution in [3.8, 4) is 5.75 Å². The monoisotopic (exact) mass is 1180 g/mol. The van der Waals surface area contributed by atoms with E-state index < -0.39 is 76.5 Å². The number of oxime groups is 1. The molecule has 432 valence electrons. The van der Waals surface area contributed by atoms with Crippen molar-refractivity contribution in [2.75, 3.05) is 31.8 Å². The minimum absolute atomic E-state index is 0.0353. The zero-order chi connectivity index (χ0) is 58.9. The summed E-state index contributed by atoms with van der Waals surface area (Å²) in [6.45, 7) is 13.4. The number of pyridine rings is 1. The van der Waals surface area contributed by atoms with Crippen LogP contribution in [0.2, 0.25) is 4.34 Å². The Hall–Kier alpha value is -7.95. The molecule has 0 aliphatic carbocycles. The first kappa shape index (κ1) is 60.2. The number of carbonyl (C=O) groups excluding carboxylic acids is 6. The standard InChI is InChI=1S/C59H65ClN8O12S2/c1-10-43(53(71)77-48(37-19-13-11-14-20-37)38-21-15-12-16-22-38)80-64-45(44-49(60)82-55(62-44)63-56(73)78-58(2,3)4)50(69)61-46-51(70)68-47(54(72)76-34-36-24-26-40(75-9)27-25-36)39(35-81-52(46)68)33-67-30-17-23-41-42(67)28-32-66(41)31-18-29-65(8)57(74)79-59(5,6)7/h11-17,19-28,30,32,43,46,48,52H,10,18,29,31,33-35H2,1-9H3,(H-,61,62,63,69,73)/p+1/b64-45-/t43-,46?,52?/m0/s1. The Kier molecular flexibility index (Phi) is 19.3. The third kappa shape index (κ3) is 14.9. The van der Waals surface area contributed by atoms with Gasteiger partial charge in [-0.3, -0.25) is 19.8 Å². The maximum atomic E-state index is 14.7. The van der Waals surface area contributed by atoms with Crippen molar-refractivity contribution in [1.82, 2.24) is 24.7 Å². The number of hydrogen-bond donors (Lipinski definition) is 2. The Bertz CT molecular complexity index is 3320. The number of fused-ring (bicyclic) bond motifs is 2. The number of benzene rings is 3. The van der Waals surface area contributed by atoms with Crippen molar-refractivity contribution in [3.05, 3.63) is 154 Å². The van der Waals surface area contributed by atoms with Gasteiger partial charge >= 0.3 is 24.1 Å². The molecule has 8 rings (SSSR count). The summed E-state index contributed by atoms with van der Waals surface area (Å²) in [6.07, 6.45) is 1.16. The first-order valence-electron chi connectivity index (χ1n) is 26.5. The van der Waals surface area contributed by atoms with Gasteiger partial charge in [-0.25, -0.2) is 24.2 Å². The van der Waals surface area contributed by atoms with Gasteiger partial charge in [0.2, 0.25) is 11.6 Å². The number of aryl methyl sites for hydroxylation is 1. The highest BCUT2D eigenvalue weighted by molar-refractivity contribution is 8.00. The SMILES string of the molecule is CC[C@H](O/N=C(\C(=O)NC1C(=O)N2C(C(=O)OCc3ccc(OC)cc3)=C(C[n+]3cccc4c3ccn4CCCN(C)C(=O)OC(C)(C)C)CSC12)c1nc(NC(=O)OC(C)(C)C)sc1Cl)C(=O)OC(c1ccccc1)c1ccccc1. The Balaban J connectivity index is 1.06. The molecule has 0 radical (unpaired) electrons. The van der Waals surface area contributed by atoms with E-state index in [0.29, 0.717) is 47.5 Å². The van der Waals surface area contributed by atoms with Crippen LogP contribution in [0.5, 0.6) is 5.75 Å². The van der Waals surface area contributed by atoms with Gasteiger partial charge in [0.15, 0.2) is 29.7 Å². The number of thiazole rings is 1. The molecule has 2 aliphatic heterocycles. The first-order valence-corrected chi connectivity index (χ1v) is 28.8. The van der Waals surface area contributed by atoms with Crippen LogP contribution in [-0.4, -0.2) is 116 Å². The number of β-lactam (4-membered cyclic amide) rings is 1. The van der Waals surface area contributed by atoms with Crippen LogP contribution < -0.4 is 19.9 Å². The number of anilines is 1. The molecule has 4 amide bonds. The lowest BCUT2D eigenvalue weighted by atomic mass is 10.0. The Labute approximate surface area is 488 Å². The topological polar surface area (TPSA) is 222 Å². The first-order chi connectivity index (χ1) is 39.1. The summed E-state index contributed by atoms with van der Waals surface area (Å²) in [5.41, 5.74) is 2.27. The van der Waals surface area contributed by atoms with E-state index >= 15 is 0 Å². The maximum absolute atomic E-state index is 14.7. The average Bonchev–Trinajstić information content (AvgIpc) is 2.42. The van der Waals surface area contributed by atoms with Crippen LogP contribution in [0.3, 0.4) is 0 Å². The largest absolute Gasteiger partial charge is 0.497 e. The van der Waals surface area contributed by atoms with E-state index in [2.05, 4.69) is 25.3 Å². The molecule has 3 aromatic heterocycles. The molecule has 23 heteroatoms. The highest BCUT2D eigenvalue weighted by Crippen LogP contribution is 2.41. The maximum Gasteiger partial charge on any atom is 0.413 e. The second kappa shape index (κ2) is 26.3. The lowest BCUT2D eigenvalue weighted by Crippen LogP contribution is -2.71. The molecule has 1 fully saturated rings. The summed E-state index contributed by atoms with van der Waals surface area (Å²) in [4.78, 5) is 96.5. The van der Waals surface area contributed by atoms with Crippen LogP contribution in [0, 0.1) is 0 Å². The normalized spacial score (nSPS) is 15.7. The number of hydrogen-bond acceptors (Lipinski definition) is 16. The van der Waals surface area contributed by atoms with E-state index in [1.54, 1.807) is 71.0 Å². The number of rotatable bonds is 21. The molecule has 2 aliphatic rings. The highest BCUT2D eigenvalue weighted by atomic mass is 35.5. The van der Waals surface area contributed by atoms with Crippen molar-refractivity contribution in [2.45, 2.75) is 116 Å². The van der Waals surface area contributed by atoms with Crippen molar-refractivity contribution in [2.24, 2.45) is 5.16 Å². The Morgan fingerprint density at radius 3 is 2.21 bits per heavy atom. The summed E-state index contributed by atoms with van der Waals surface area (Å²) in [5.74, 6) is -2.24. The predicted octanol–water partition coefficient (Wildman–Crippen LogP) is 9.58. The molecular weight excluding hydrogens is 1110 g/mol. The van der Waals surface area contributed by atoms with Crippen molar-refractivity contribution in [3.63, 3.8) is 0 Å². The summed E-state index contributed by atoms with van der Waals surface area (Å²) in [5, 5.41) is 8.65. The molecule has 0 bridgehead atoms. The Morgan fingerprint density at radius 2 is 1.57 bits per heavy atom. The molecule has 5 heterocycles. The van der Waals surface area contributed by atoms with Gasteiger partial charge in [0, 0.05) is 49.8 Å². The number of methoxy groups -OCH3 is 1. The van der Waals surface area contributed by atoms with Crippen molar-refractivity contribution in [1.29, 1.82) is 0 Å². The van der Waals surface area contributed by atoms with Gasteiger partial charge < -0.3 is 43.3 Å². The van der Waals surface area contributed by atoms with Crippen molar-refractivity contribution < 1.29 is 61.9 Å². The van der Waals surface area contributed by atoms with Gasteiger partial charge in [-0.05, 0) is 89.3 Å². The number of aromatic nitrogens is 3. The number of carbonyl (C=O) groups is 6. The summed E-state index contributed by atoms with van der Waals surface area (Å²) in [7, 11) is 3.26. The Morgan fingerprint density at radius 1 is 0.902 bits per heavy atom. The molecule has 3 atom stereocenters. The summed E-state index contributed by atoms with van der Waals surface area (Å²) in [6, 6.07) is 30.0. The van der Waals surface area contributed by atoms with E-state index in [-0.39, 0.29) is 46.2 Å². The fraction of sp³-hybridized carbons (Fsp3) is 0.373. The fourth-order valence-corrected chi connectivity index (χ4v) is 11.2. The fourth-order valence-electron chi connectivity index (χ4n) is 8.87. The van der Waals surface area contributed by atoms with E-state index in [4.69, 9.17) is 40.1 Å². The van der Waals surface area contributed by atoms with Crippen molar-refractivity contribution >= 4 is 92.5 Å². The lowest BCUT2D eigenvalue weighted by Gasteiger charge is -2.49. The third-order valence-electron chi connectivity index (χ3n) is 12.8. The average molecular weight is 1180 g/mol. The molecule has 2 N–H and O–H groups in total. The lowest BCUT2D eigenvalue weighted by molar-refractivity contribution is -0.663. The smallest absolute Gasteiger partial charge is 0.413 e. The second-order valence-electron chi connectivity index (χ2n) is 21.3. The molecule has 0 saturated carbocycles. The van der Waals surface area contributed by atoms with Crippen LogP contribution in [0.25, 0.3) is 11.0 Å². The number of thioether (sulfide) groups is 1. The van der Waals surface area contributed by atoms with Crippen LogP contribution in [-0.2, 0) is 62.7 Å².